The van der Waals surface area contributed by atoms with Gasteiger partial charge in [0.05, 0.1) is 12.7 Å². The summed E-state index contributed by atoms with van der Waals surface area (Å²) >= 11 is 0. The van der Waals surface area contributed by atoms with E-state index in [1.807, 2.05) is 18.2 Å². The molecule has 1 unspecified atom stereocenters. The molecule has 0 bridgehead atoms. The molecule has 0 heterocycles. The van der Waals surface area contributed by atoms with Crippen LogP contribution < -0.4 is 0 Å². The summed E-state index contributed by atoms with van der Waals surface area (Å²) in [5.74, 6) is 1.05. The summed E-state index contributed by atoms with van der Waals surface area (Å²) in [7, 11) is 0. The van der Waals surface area contributed by atoms with Crippen LogP contribution in [0, 0.1) is 11.8 Å². The fraction of sp³-hybridized carbons (Fsp3) is 0.562. The zero-order valence-electron chi connectivity index (χ0n) is 11.3. The molecule has 1 saturated carbocycles. The second-order valence-corrected chi connectivity index (χ2v) is 5.47. The molecule has 18 heavy (non-hydrogen) atoms. The Morgan fingerprint density at radius 1 is 1.28 bits per heavy atom. The Bertz CT molecular complexity index is 385. The minimum Gasteiger partial charge on any atom is -0.373 e. The minimum absolute atomic E-state index is 0.102. The van der Waals surface area contributed by atoms with Crippen molar-refractivity contribution in [3.63, 3.8) is 0 Å². The van der Waals surface area contributed by atoms with Gasteiger partial charge in [-0.2, -0.15) is 0 Å². The van der Waals surface area contributed by atoms with Crippen LogP contribution >= 0.6 is 0 Å². The molecule has 1 fully saturated rings. The Kier molecular flexibility index (Phi) is 4.54. The van der Waals surface area contributed by atoms with Crippen molar-refractivity contribution in [2.75, 3.05) is 0 Å². The van der Waals surface area contributed by atoms with Gasteiger partial charge in [0.1, 0.15) is 5.78 Å². The molecule has 1 aromatic rings. The summed E-state index contributed by atoms with van der Waals surface area (Å²) in [6.07, 6.45) is 3.24. The highest BCUT2D eigenvalue weighted by Crippen LogP contribution is 2.32. The fourth-order valence-electron chi connectivity index (χ4n) is 2.76. The number of Topliss-reactive ketones (excluding diaryl/α,β-unsaturated/α-hetero) is 1. The predicted octanol–water partition coefficient (Wildman–Crippen LogP) is 3.60. The maximum Gasteiger partial charge on any atom is 0.135 e. The highest BCUT2D eigenvalue weighted by molar-refractivity contribution is 5.79. The smallest absolute Gasteiger partial charge is 0.135 e. The molecule has 1 aromatic carbocycles. The van der Waals surface area contributed by atoms with E-state index in [0.717, 1.165) is 19.3 Å². The third-order valence-electron chi connectivity index (χ3n) is 3.88. The van der Waals surface area contributed by atoms with Gasteiger partial charge in [-0.25, -0.2) is 0 Å². The average molecular weight is 246 g/mol. The van der Waals surface area contributed by atoms with E-state index in [1.54, 1.807) is 6.92 Å². The number of benzene rings is 1. The molecule has 0 N–H and O–H groups in total. The Balaban J connectivity index is 1.94. The highest BCUT2D eigenvalue weighted by atomic mass is 16.5. The average Bonchev–Trinajstić information content (AvgIpc) is 2.37. The third-order valence-corrected chi connectivity index (χ3v) is 3.88. The van der Waals surface area contributed by atoms with E-state index < -0.39 is 0 Å². The van der Waals surface area contributed by atoms with Gasteiger partial charge in [-0.3, -0.25) is 4.79 Å². The number of hydrogen-bond donors (Lipinski definition) is 0. The minimum atomic E-state index is 0.102. The van der Waals surface area contributed by atoms with Gasteiger partial charge in [-0.05, 0) is 37.7 Å². The highest BCUT2D eigenvalue weighted by Gasteiger charge is 2.32. The van der Waals surface area contributed by atoms with Crippen molar-refractivity contribution >= 4 is 5.78 Å². The first-order valence-electron chi connectivity index (χ1n) is 6.83. The van der Waals surface area contributed by atoms with Gasteiger partial charge in [0.25, 0.3) is 0 Å². The maximum atomic E-state index is 11.6. The van der Waals surface area contributed by atoms with Crippen LogP contribution in [0.1, 0.15) is 38.7 Å². The van der Waals surface area contributed by atoms with E-state index >= 15 is 0 Å². The van der Waals surface area contributed by atoms with Gasteiger partial charge in [-0.15, -0.1) is 0 Å². The van der Waals surface area contributed by atoms with Crippen LogP contribution in [0.15, 0.2) is 30.3 Å². The predicted molar refractivity (Wildman–Crippen MR) is 72.2 cm³/mol. The van der Waals surface area contributed by atoms with Gasteiger partial charge in [-0.1, -0.05) is 37.3 Å². The fourth-order valence-corrected chi connectivity index (χ4v) is 2.76. The number of ether oxygens (including phenoxy) is 1. The SMILES string of the molecule is CC(=O)[C@@H]1CC[C@@H](C)CC1OCc1ccccc1. The normalized spacial score (nSPS) is 28.0. The topological polar surface area (TPSA) is 26.3 Å². The molecule has 2 nitrogen and oxygen atoms in total. The van der Waals surface area contributed by atoms with Crippen molar-refractivity contribution in [1.82, 2.24) is 0 Å². The molecule has 98 valence electrons. The Morgan fingerprint density at radius 2 is 2.00 bits per heavy atom. The van der Waals surface area contributed by atoms with Crippen molar-refractivity contribution in [2.24, 2.45) is 11.8 Å². The first-order valence-corrected chi connectivity index (χ1v) is 6.83. The molecule has 0 aliphatic heterocycles. The van der Waals surface area contributed by atoms with E-state index in [2.05, 4.69) is 19.1 Å². The third kappa shape index (κ3) is 3.42. The van der Waals surface area contributed by atoms with E-state index in [0.29, 0.717) is 12.5 Å². The molecule has 0 aromatic heterocycles. The molecular weight excluding hydrogens is 224 g/mol. The Labute approximate surface area is 109 Å². The van der Waals surface area contributed by atoms with Crippen molar-refractivity contribution in [3.8, 4) is 0 Å². The second-order valence-electron chi connectivity index (χ2n) is 5.47. The monoisotopic (exact) mass is 246 g/mol. The van der Waals surface area contributed by atoms with Crippen molar-refractivity contribution in [3.05, 3.63) is 35.9 Å². The quantitative estimate of drug-likeness (QED) is 0.811. The Hall–Kier alpha value is -1.15. The van der Waals surface area contributed by atoms with Gasteiger partial charge in [0.15, 0.2) is 0 Å². The summed E-state index contributed by atoms with van der Waals surface area (Å²) in [6.45, 7) is 4.55. The van der Waals surface area contributed by atoms with Gasteiger partial charge >= 0.3 is 0 Å². The molecule has 0 spiro atoms. The van der Waals surface area contributed by atoms with E-state index in [-0.39, 0.29) is 17.8 Å². The first kappa shape index (κ1) is 13.3. The lowest BCUT2D eigenvalue weighted by Crippen LogP contribution is -2.35. The van der Waals surface area contributed by atoms with E-state index in [4.69, 9.17) is 4.74 Å². The van der Waals surface area contributed by atoms with Crippen LogP contribution in [0.3, 0.4) is 0 Å². The number of carbonyl (C=O) groups is 1. The van der Waals surface area contributed by atoms with Crippen LogP contribution in [0.4, 0.5) is 0 Å². The molecule has 0 saturated heterocycles. The number of hydrogen-bond acceptors (Lipinski definition) is 2. The molecule has 0 radical (unpaired) electrons. The zero-order valence-corrected chi connectivity index (χ0v) is 11.3. The van der Waals surface area contributed by atoms with Gasteiger partial charge < -0.3 is 4.74 Å². The summed E-state index contributed by atoms with van der Waals surface area (Å²) in [4.78, 5) is 11.6. The number of ketones is 1. The van der Waals surface area contributed by atoms with E-state index in [1.165, 1.54) is 5.56 Å². The summed E-state index contributed by atoms with van der Waals surface area (Å²) < 4.78 is 5.99. The molecule has 2 rings (SSSR count). The zero-order chi connectivity index (χ0) is 13.0. The molecule has 3 atom stereocenters. The lowest BCUT2D eigenvalue weighted by molar-refractivity contribution is -0.129. The van der Waals surface area contributed by atoms with Crippen LogP contribution in [0.5, 0.6) is 0 Å². The van der Waals surface area contributed by atoms with Crippen LogP contribution in [-0.2, 0) is 16.1 Å². The van der Waals surface area contributed by atoms with Gasteiger partial charge in [0, 0.05) is 5.92 Å². The lowest BCUT2D eigenvalue weighted by atomic mass is 9.79. The maximum absolute atomic E-state index is 11.6. The largest absolute Gasteiger partial charge is 0.373 e. The molecule has 1 aliphatic carbocycles. The standard InChI is InChI=1S/C16H22O2/c1-12-8-9-15(13(2)17)16(10-12)18-11-14-6-4-3-5-7-14/h3-7,12,15-16H,8-11H2,1-2H3/t12-,15+,16?/m1/s1. The molecule has 2 heteroatoms. The first-order chi connectivity index (χ1) is 8.66. The van der Waals surface area contributed by atoms with Crippen molar-refractivity contribution in [1.29, 1.82) is 0 Å². The number of rotatable bonds is 4. The van der Waals surface area contributed by atoms with Crippen molar-refractivity contribution in [2.45, 2.75) is 45.8 Å². The molecule has 1 aliphatic rings. The molecule has 0 amide bonds. The Morgan fingerprint density at radius 3 is 2.67 bits per heavy atom. The second kappa shape index (κ2) is 6.14. The molecular formula is C16H22O2. The van der Waals surface area contributed by atoms with Crippen molar-refractivity contribution < 1.29 is 9.53 Å². The lowest BCUT2D eigenvalue weighted by Gasteiger charge is -2.33. The van der Waals surface area contributed by atoms with E-state index in [9.17, 15) is 4.79 Å². The summed E-state index contributed by atoms with van der Waals surface area (Å²) in [5, 5.41) is 0. The van der Waals surface area contributed by atoms with Crippen LogP contribution in [-0.4, -0.2) is 11.9 Å². The van der Waals surface area contributed by atoms with Gasteiger partial charge in [0.2, 0.25) is 0 Å². The van der Waals surface area contributed by atoms with Crippen LogP contribution in [0.25, 0.3) is 0 Å². The summed E-state index contributed by atoms with van der Waals surface area (Å²) in [6, 6.07) is 10.2. The summed E-state index contributed by atoms with van der Waals surface area (Å²) in [5.41, 5.74) is 1.18. The van der Waals surface area contributed by atoms with Crippen LogP contribution in [0.2, 0.25) is 0 Å². The number of carbonyl (C=O) groups excluding carboxylic acids is 1.